The van der Waals surface area contributed by atoms with Gasteiger partial charge in [0.05, 0.1) is 0 Å². The number of fused-ring (bicyclic) bond motifs is 1. The van der Waals surface area contributed by atoms with Gasteiger partial charge in [-0.05, 0) is 47.1 Å². The van der Waals surface area contributed by atoms with E-state index >= 15 is 0 Å². The summed E-state index contributed by atoms with van der Waals surface area (Å²) >= 11 is 1.75. The fourth-order valence-corrected chi connectivity index (χ4v) is 4.15. The van der Waals surface area contributed by atoms with E-state index in [0.29, 0.717) is 0 Å². The molecule has 0 radical (unpaired) electrons. The van der Waals surface area contributed by atoms with E-state index < -0.39 is 0 Å². The quantitative estimate of drug-likeness (QED) is 0.665. The lowest BCUT2D eigenvalue weighted by molar-refractivity contribution is 0.299. The Labute approximate surface area is 119 Å². The van der Waals surface area contributed by atoms with Crippen LogP contribution in [0.3, 0.4) is 0 Å². The average molecular weight is 277 g/mol. The summed E-state index contributed by atoms with van der Waals surface area (Å²) in [4.78, 5) is 6.93. The predicted octanol–water partition coefficient (Wildman–Crippen LogP) is 2.95. The van der Waals surface area contributed by atoms with Gasteiger partial charge in [0, 0.05) is 26.7 Å². The molecule has 4 heteroatoms. The molecule has 0 aromatic carbocycles. The van der Waals surface area contributed by atoms with Crippen molar-refractivity contribution in [3.63, 3.8) is 0 Å². The van der Waals surface area contributed by atoms with Crippen LogP contribution in [-0.2, 0) is 6.54 Å². The summed E-state index contributed by atoms with van der Waals surface area (Å²) in [5, 5.41) is 7.83. The topological polar surface area (TPSA) is 27.6 Å². The molecule has 1 N–H and O–H groups in total. The van der Waals surface area contributed by atoms with Crippen LogP contribution < -0.4 is 5.32 Å². The van der Waals surface area contributed by atoms with Gasteiger partial charge in [-0.3, -0.25) is 4.99 Å². The van der Waals surface area contributed by atoms with Crippen molar-refractivity contribution in [1.82, 2.24) is 10.2 Å². The van der Waals surface area contributed by atoms with E-state index in [0.717, 1.165) is 24.3 Å². The Morgan fingerprint density at radius 1 is 1.37 bits per heavy atom. The van der Waals surface area contributed by atoms with Gasteiger partial charge in [-0.15, -0.1) is 0 Å². The molecule has 3 nitrogen and oxygen atoms in total. The largest absolute Gasteiger partial charge is 0.352 e. The van der Waals surface area contributed by atoms with Crippen LogP contribution in [0.1, 0.15) is 31.2 Å². The second-order valence-corrected chi connectivity index (χ2v) is 6.52. The molecule has 1 aliphatic carbocycles. The number of hydrogen-bond donors (Lipinski definition) is 1. The van der Waals surface area contributed by atoms with Crippen LogP contribution in [0.15, 0.2) is 21.8 Å². The Morgan fingerprint density at radius 2 is 2.11 bits per heavy atom. The zero-order chi connectivity index (χ0) is 13.1. The number of likely N-dealkylation sites (tertiary alicyclic amines) is 1. The first-order valence-corrected chi connectivity index (χ1v) is 8.28. The van der Waals surface area contributed by atoms with E-state index in [2.05, 4.69) is 32.0 Å². The average Bonchev–Trinajstić information content (AvgIpc) is 3.08. The van der Waals surface area contributed by atoms with Crippen LogP contribution in [-0.4, -0.2) is 31.0 Å². The maximum atomic E-state index is 4.46. The van der Waals surface area contributed by atoms with Crippen LogP contribution in [0, 0.1) is 11.8 Å². The van der Waals surface area contributed by atoms with Gasteiger partial charge in [0.15, 0.2) is 5.96 Å². The third kappa shape index (κ3) is 2.94. The lowest BCUT2D eigenvalue weighted by atomic mass is 9.82. The number of rotatable bonds is 2. The normalized spacial score (nSPS) is 27.4. The van der Waals surface area contributed by atoms with Crippen LogP contribution in [0.4, 0.5) is 0 Å². The summed E-state index contributed by atoms with van der Waals surface area (Å²) in [6.45, 7) is 3.30. The predicted molar refractivity (Wildman–Crippen MR) is 81.5 cm³/mol. The van der Waals surface area contributed by atoms with Gasteiger partial charge < -0.3 is 10.2 Å². The molecule has 1 aliphatic heterocycles. The van der Waals surface area contributed by atoms with Gasteiger partial charge >= 0.3 is 0 Å². The number of nitrogens with one attached hydrogen (secondary N) is 1. The highest BCUT2D eigenvalue weighted by Gasteiger charge is 2.35. The highest BCUT2D eigenvalue weighted by molar-refractivity contribution is 7.07. The lowest BCUT2D eigenvalue weighted by Crippen LogP contribution is -2.39. The molecule has 2 atom stereocenters. The smallest absolute Gasteiger partial charge is 0.193 e. The summed E-state index contributed by atoms with van der Waals surface area (Å²) in [6, 6.07) is 2.18. The fourth-order valence-electron chi connectivity index (χ4n) is 3.49. The van der Waals surface area contributed by atoms with E-state index in [-0.39, 0.29) is 0 Å². The molecular formula is C15H23N3S. The van der Waals surface area contributed by atoms with Crippen molar-refractivity contribution in [1.29, 1.82) is 0 Å². The summed E-state index contributed by atoms with van der Waals surface area (Å²) in [7, 11) is 1.90. The van der Waals surface area contributed by atoms with Crippen LogP contribution in [0.5, 0.6) is 0 Å². The molecule has 2 heterocycles. The molecule has 104 valence electrons. The van der Waals surface area contributed by atoms with Crippen molar-refractivity contribution in [3.8, 4) is 0 Å². The Kier molecular flexibility index (Phi) is 4.06. The van der Waals surface area contributed by atoms with Gasteiger partial charge in [0.25, 0.3) is 0 Å². The minimum atomic E-state index is 0.891. The van der Waals surface area contributed by atoms with Crippen molar-refractivity contribution < 1.29 is 0 Å². The number of thiophene rings is 1. The summed E-state index contributed by atoms with van der Waals surface area (Å²) in [5.41, 5.74) is 1.35. The molecule has 2 unspecified atom stereocenters. The van der Waals surface area contributed by atoms with E-state index in [9.17, 15) is 0 Å². The third-order valence-electron chi connectivity index (χ3n) is 4.52. The molecule has 19 heavy (non-hydrogen) atoms. The Balaban J connectivity index is 1.57. The van der Waals surface area contributed by atoms with Gasteiger partial charge in [-0.1, -0.05) is 12.8 Å². The summed E-state index contributed by atoms with van der Waals surface area (Å²) in [6.07, 6.45) is 5.69. The minimum absolute atomic E-state index is 0.891. The molecular weight excluding hydrogens is 254 g/mol. The van der Waals surface area contributed by atoms with Gasteiger partial charge in [0.2, 0.25) is 0 Å². The Morgan fingerprint density at radius 3 is 2.68 bits per heavy atom. The molecule has 0 bridgehead atoms. The van der Waals surface area contributed by atoms with Crippen LogP contribution in [0.2, 0.25) is 0 Å². The highest BCUT2D eigenvalue weighted by atomic mass is 32.1. The molecule has 1 saturated carbocycles. The van der Waals surface area contributed by atoms with Crippen LogP contribution >= 0.6 is 11.3 Å². The second-order valence-electron chi connectivity index (χ2n) is 5.74. The van der Waals surface area contributed by atoms with Gasteiger partial charge in [-0.25, -0.2) is 0 Å². The number of nitrogens with zero attached hydrogens (tertiary/aromatic N) is 2. The number of aliphatic imine (C=N–C) groups is 1. The fraction of sp³-hybridized carbons (Fsp3) is 0.667. The van der Waals surface area contributed by atoms with Gasteiger partial charge in [0.1, 0.15) is 0 Å². The van der Waals surface area contributed by atoms with Crippen molar-refractivity contribution in [2.75, 3.05) is 20.1 Å². The molecule has 1 saturated heterocycles. The monoisotopic (exact) mass is 277 g/mol. The molecule has 2 aliphatic rings. The van der Waals surface area contributed by atoms with E-state index in [4.69, 9.17) is 0 Å². The number of hydrogen-bond acceptors (Lipinski definition) is 2. The lowest BCUT2D eigenvalue weighted by Gasteiger charge is -2.22. The molecule has 0 spiro atoms. The highest BCUT2D eigenvalue weighted by Crippen LogP contribution is 2.35. The first kappa shape index (κ1) is 13.0. The van der Waals surface area contributed by atoms with E-state index in [1.807, 2.05) is 7.05 Å². The molecule has 1 aromatic rings. The zero-order valence-electron chi connectivity index (χ0n) is 11.6. The second kappa shape index (κ2) is 5.95. The van der Waals surface area contributed by atoms with Crippen LogP contribution in [0.25, 0.3) is 0 Å². The summed E-state index contributed by atoms with van der Waals surface area (Å²) < 4.78 is 0. The molecule has 0 amide bonds. The standard InChI is InChI=1S/C15H23N3S/c1-16-15(17-8-12-6-7-19-11-12)18-9-13-4-2-3-5-14(13)10-18/h6-7,11,13-14H,2-5,8-10H2,1H3,(H,16,17). The van der Waals surface area contributed by atoms with Crippen molar-refractivity contribution >= 4 is 17.3 Å². The zero-order valence-corrected chi connectivity index (χ0v) is 12.5. The summed E-state index contributed by atoms with van der Waals surface area (Å²) in [5.74, 6) is 2.91. The van der Waals surface area contributed by atoms with E-state index in [1.54, 1.807) is 11.3 Å². The minimum Gasteiger partial charge on any atom is -0.352 e. The van der Waals surface area contributed by atoms with Crippen molar-refractivity contribution in [3.05, 3.63) is 22.4 Å². The van der Waals surface area contributed by atoms with Gasteiger partial charge in [-0.2, -0.15) is 11.3 Å². The maximum Gasteiger partial charge on any atom is 0.193 e. The molecule has 1 aromatic heterocycles. The Hall–Kier alpha value is -1.03. The third-order valence-corrected chi connectivity index (χ3v) is 5.25. The van der Waals surface area contributed by atoms with E-state index in [1.165, 1.54) is 44.3 Å². The van der Waals surface area contributed by atoms with Crippen molar-refractivity contribution in [2.45, 2.75) is 32.2 Å². The molecule has 3 rings (SSSR count). The maximum absolute atomic E-state index is 4.46. The first-order chi connectivity index (χ1) is 9.36. The Bertz CT molecular complexity index is 413. The number of guanidine groups is 1. The molecule has 2 fully saturated rings. The van der Waals surface area contributed by atoms with Crippen molar-refractivity contribution in [2.24, 2.45) is 16.8 Å². The first-order valence-electron chi connectivity index (χ1n) is 7.33. The SMILES string of the molecule is CN=C(NCc1ccsc1)N1CC2CCCCC2C1.